The molecule has 1 N–H and O–H groups in total. The van der Waals surface area contributed by atoms with Crippen LogP contribution in [-0.4, -0.2) is 50.0 Å². The van der Waals surface area contributed by atoms with Gasteiger partial charge in [-0.3, -0.25) is 0 Å². The highest BCUT2D eigenvalue weighted by atomic mass is 35.5. The number of methoxy groups -OCH3 is 1. The maximum atomic E-state index is 5.76. The average Bonchev–Trinajstić information content (AvgIpc) is 2.30. The van der Waals surface area contributed by atoms with Crippen LogP contribution in [0.2, 0.25) is 0 Å². The van der Waals surface area contributed by atoms with Gasteiger partial charge < -0.3 is 15.0 Å². The molecule has 0 amide bonds. The fraction of sp³-hybridized carbons (Fsp3) is 0.818. The molecule has 1 aliphatic rings. The minimum atomic E-state index is 0.520. The minimum absolute atomic E-state index is 0.520. The maximum absolute atomic E-state index is 5.76. The number of rotatable bonds is 4. The van der Waals surface area contributed by atoms with Gasteiger partial charge >= 0.3 is 0 Å². The number of likely N-dealkylation sites (N-methyl/N-ethyl adjacent to an activating group) is 2. The van der Waals surface area contributed by atoms with Crippen LogP contribution in [0.25, 0.3) is 0 Å². The van der Waals surface area contributed by atoms with Crippen molar-refractivity contribution in [1.82, 2.24) is 10.2 Å². The van der Waals surface area contributed by atoms with Gasteiger partial charge in [0.25, 0.3) is 0 Å². The predicted octanol–water partition coefficient (Wildman–Crippen LogP) is 2.33. The number of allylic oxidation sites excluding steroid dienone is 1. The molecule has 0 bridgehead atoms. The quantitative estimate of drug-likeness (QED) is 0.790. The van der Waals surface area contributed by atoms with Crippen LogP contribution in [0, 0.1) is 0 Å². The van der Waals surface area contributed by atoms with E-state index in [1.54, 1.807) is 7.11 Å². The Morgan fingerprint density at radius 1 is 1.62 bits per heavy atom. The van der Waals surface area contributed by atoms with E-state index in [9.17, 15) is 0 Å². The van der Waals surface area contributed by atoms with Gasteiger partial charge in [0.15, 0.2) is 0 Å². The number of nitrogens with one attached hydrogen (secondary N) is 1. The summed E-state index contributed by atoms with van der Waals surface area (Å²) in [6.45, 7) is 6.97. The van der Waals surface area contributed by atoms with E-state index in [1.807, 2.05) is 18.7 Å². The zero-order chi connectivity index (χ0) is 12.4. The molecule has 0 spiro atoms. The first kappa shape index (κ1) is 16.1. The third-order valence-electron chi connectivity index (χ3n) is 2.16. The van der Waals surface area contributed by atoms with E-state index in [1.165, 1.54) is 5.70 Å². The third kappa shape index (κ3) is 6.63. The van der Waals surface area contributed by atoms with Crippen molar-refractivity contribution in [2.45, 2.75) is 19.2 Å². The number of ether oxygens (including phenoxy) is 1. The van der Waals surface area contributed by atoms with Crippen LogP contribution >= 0.6 is 23.4 Å². The summed E-state index contributed by atoms with van der Waals surface area (Å²) in [6.07, 6.45) is 0. The molecule has 0 fully saturated rings. The van der Waals surface area contributed by atoms with E-state index in [4.69, 9.17) is 11.6 Å². The molecule has 1 aliphatic heterocycles. The average molecular weight is 267 g/mol. The van der Waals surface area contributed by atoms with E-state index in [-0.39, 0.29) is 0 Å². The molecule has 0 aliphatic carbocycles. The van der Waals surface area contributed by atoms with E-state index >= 15 is 0 Å². The molecule has 3 nitrogen and oxygen atoms in total. The van der Waals surface area contributed by atoms with Gasteiger partial charge in [0.2, 0.25) is 0 Å². The molecule has 0 saturated heterocycles. The molecule has 1 unspecified atom stereocenters. The summed E-state index contributed by atoms with van der Waals surface area (Å²) >= 11 is 7.58. The van der Waals surface area contributed by atoms with Gasteiger partial charge in [-0.05, 0) is 18.9 Å². The summed E-state index contributed by atoms with van der Waals surface area (Å²) in [7, 11) is 3.76. The lowest BCUT2D eigenvalue weighted by atomic mass is 10.4. The molecule has 0 saturated carbocycles. The van der Waals surface area contributed by atoms with Gasteiger partial charge in [-0.2, -0.15) is 0 Å². The minimum Gasteiger partial charge on any atom is -0.385 e. The van der Waals surface area contributed by atoms with Crippen LogP contribution in [0.4, 0.5) is 0 Å². The smallest absolute Gasteiger partial charge is 0.0751 e. The second-order valence-corrected chi connectivity index (χ2v) is 4.73. The second kappa shape index (κ2) is 10.3. The Bertz CT molecular complexity index is 200. The lowest BCUT2D eigenvalue weighted by Gasteiger charge is -2.30. The molecular weight excluding hydrogens is 244 g/mol. The van der Waals surface area contributed by atoms with Gasteiger partial charge in [0, 0.05) is 33.0 Å². The van der Waals surface area contributed by atoms with Crippen molar-refractivity contribution in [3.63, 3.8) is 0 Å². The Morgan fingerprint density at radius 2 is 2.25 bits per heavy atom. The Kier molecular flexibility index (Phi) is 10.3. The number of hydrogen-bond donors (Lipinski definition) is 1. The third-order valence-corrected chi connectivity index (χ3v) is 3.48. The fourth-order valence-corrected chi connectivity index (χ4v) is 2.66. The summed E-state index contributed by atoms with van der Waals surface area (Å²) < 4.78 is 4.54. The van der Waals surface area contributed by atoms with Crippen molar-refractivity contribution in [1.29, 1.82) is 0 Å². The second-order valence-electron chi connectivity index (χ2n) is 3.38. The van der Waals surface area contributed by atoms with Crippen molar-refractivity contribution in [3.8, 4) is 0 Å². The van der Waals surface area contributed by atoms with Crippen molar-refractivity contribution < 1.29 is 4.74 Å². The number of thioether (sulfide) groups is 1. The van der Waals surface area contributed by atoms with Crippen LogP contribution in [0.15, 0.2) is 11.1 Å². The first-order valence-corrected chi connectivity index (χ1v) is 7.01. The zero-order valence-corrected chi connectivity index (χ0v) is 12.2. The molecule has 1 atom stereocenters. The van der Waals surface area contributed by atoms with E-state index < -0.39 is 0 Å². The standard InChI is InChI=1S/C8H15ClN2S.C3H8O/c1-3-10-8-5-11(2)7(4-9)6-12-8;1-3-4-2/h6,8,10H,3-5H2,1-2H3;3H2,1-2H3. The van der Waals surface area contributed by atoms with Crippen LogP contribution < -0.4 is 5.32 Å². The van der Waals surface area contributed by atoms with E-state index in [0.717, 1.165) is 19.7 Å². The van der Waals surface area contributed by atoms with Crippen LogP contribution in [0.5, 0.6) is 0 Å². The summed E-state index contributed by atoms with van der Waals surface area (Å²) in [5.41, 5.74) is 1.22. The van der Waals surface area contributed by atoms with Crippen LogP contribution in [0.3, 0.4) is 0 Å². The Morgan fingerprint density at radius 3 is 2.62 bits per heavy atom. The topological polar surface area (TPSA) is 24.5 Å². The lowest BCUT2D eigenvalue weighted by molar-refractivity contribution is 0.215. The monoisotopic (exact) mass is 266 g/mol. The molecule has 1 rings (SSSR count). The highest BCUT2D eigenvalue weighted by Gasteiger charge is 2.16. The van der Waals surface area contributed by atoms with Crippen LogP contribution in [0.1, 0.15) is 13.8 Å². The molecule has 0 radical (unpaired) electrons. The highest BCUT2D eigenvalue weighted by Crippen LogP contribution is 2.22. The van der Waals surface area contributed by atoms with Crippen molar-refractivity contribution in [2.24, 2.45) is 0 Å². The summed E-state index contributed by atoms with van der Waals surface area (Å²) in [6, 6.07) is 0. The highest BCUT2D eigenvalue weighted by molar-refractivity contribution is 8.02. The largest absolute Gasteiger partial charge is 0.385 e. The van der Waals surface area contributed by atoms with Crippen LogP contribution in [-0.2, 0) is 4.74 Å². The van der Waals surface area contributed by atoms with E-state index in [0.29, 0.717) is 11.3 Å². The summed E-state index contributed by atoms with van der Waals surface area (Å²) in [5, 5.41) is 6.06. The maximum Gasteiger partial charge on any atom is 0.0751 e. The van der Waals surface area contributed by atoms with E-state index in [2.05, 4.69) is 34.3 Å². The van der Waals surface area contributed by atoms with Gasteiger partial charge in [-0.15, -0.1) is 23.4 Å². The SMILES string of the molecule is CCNC1CN(C)C(CCl)=CS1.CCOC. The normalized spacial score (nSPS) is 19.9. The Balaban J connectivity index is 0.000000487. The molecule has 96 valence electrons. The van der Waals surface area contributed by atoms with Gasteiger partial charge in [0.1, 0.15) is 0 Å². The number of alkyl halides is 1. The van der Waals surface area contributed by atoms with Crippen molar-refractivity contribution >= 4 is 23.4 Å². The molecule has 16 heavy (non-hydrogen) atoms. The summed E-state index contributed by atoms with van der Waals surface area (Å²) in [4.78, 5) is 2.21. The zero-order valence-electron chi connectivity index (χ0n) is 10.6. The molecule has 5 heteroatoms. The molecule has 0 aromatic heterocycles. The lowest BCUT2D eigenvalue weighted by Crippen LogP contribution is -2.39. The molecule has 1 heterocycles. The number of halogens is 1. The first-order valence-electron chi connectivity index (χ1n) is 5.53. The predicted molar refractivity (Wildman–Crippen MR) is 74.0 cm³/mol. The summed E-state index contributed by atoms with van der Waals surface area (Å²) in [5.74, 6) is 0.613. The van der Waals surface area contributed by atoms with Crippen molar-refractivity contribution in [3.05, 3.63) is 11.1 Å². The first-order chi connectivity index (χ1) is 7.69. The van der Waals surface area contributed by atoms with Gasteiger partial charge in [-0.1, -0.05) is 6.92 Å². The van der Waals surface area contributed by atoms with Gasteiger partial charge in [-0.25, -0.2) is 0 Å². The number of hydrogen-bond acceptors (Lipinski definition) is 4. The fourth-order valence-electron chi connectivity index (χ4n) is 1.13. The Labute approximate surface area is 109 Å². The van der Waals surface area contributed by atoms with Crippen molar-refractivity contribution in [2.75, 3.05) is 39.7 Å². The molecule has 0 aromatic rings. The number of nitrogens with zero attached hydrogens (tertiary/aromatic N) is 1. The molecular formula is C11H23ClN2OS. The Hall–Kier alpha value is 0.1000. The van der Waals surface area contributed by atoms with Gasteiger partial charge in [0.05, 0.1) is 11.3 Å². The molecule has 0 aromatic carbocycles.